The lowest BCUT2D eigenvalue weighted by Gasteiger charge is -2.38. The number of aromatic nitrogens is 2. The first-order valence-electron chi connectivity index (χ1n) is 6.09. The molecule has 18 heavy (non-hydrogen) atoms. The Hall–Kier alpha value is -0.975. The highest BCUT2D eigenvalue weighted by molar-refractivity contribution is 7.00. The Morgan fingerprint density at radius 2 is 2.11 bits per heavy atom. The quantitative estimate of drug-likeness (QED) is 0.737. The van der Waals surface area contributed by atoms with Crippen LogP contribution in [0.25, 0.3) is 11.0 Å². The monoisotopic (exact) mass is 262 g/mol. The van der Waals surface area contributed by atoms with Gasteiger partial charge in [-0.1, -0.05) is 6.07 Å². The van der Waals surface area contributed by atoms with Gasteiger partial charge in [-0.2, -0.15) is 8.75 Å². The molecule has 2 heterocycles. The summed E-state index contributed by atoms with van der Waals surface area (Å²) in [6.45, 7) is 6.28. The summed E-state index contributed by atoms with van der Waals surface area (Å²) in [4.78, 5) is 0. The molecule has 0 saturated carbocycles. The molecular formula is C12H15BN2O2S. The predicted molar refractivity (Wildman–Crippen MR) is 73.1 cm³/mol. The van der Waals surface area contributed by atoms with E-state index in [4.69, 9.17) is 9.31 Å². The van der Waals surface area contributed by atoms with Gasteiger partial charge in [-0.25, -0.2) is 0 Å². The van der Waals surface area contributed by atoms with Crippen LogP contribution in [0.3, 0.4) is 0 Å². The molecular weight excluding hydrogens is 247 g/mol. The van der Waals surface area contributed by atoms with Crippen LogP contribution in [-0.4, -0.2) is 27.6 Å². The maximum absolute atomic E-state index is 5.99. The first kappa shape index (κ1) is 12.1. The molecule has 1 saturated heterocycles. The number of nitrogens with zero attached hydrogens (tertiary/aromatic N) is 2. The number of fused-ring (bicyclic) bond motifs is 1. The Bertz CT molecular complexity index is 572. The first-order chi connectivity index (χ1) is 8.53. The number of hydrogen-bond acceptors (Lipinski definition) is 5. The summed E-state index contributed by atoms with van der Waals surface area (Å²) in [5.41, 5.74) is 2.68. The molecule has 1 unspecified atom stereocenters. The van der Waals surface area contributed by atoms with Gasteiger partial charge in [0.2, 0.25) is 0 Å². The third kappa shape index (κ3) is 2.28. The Morgan fingerprint density at radius 3 is 2.89 bits per heavy atom. The fraction of sp³-hybridized carbons (Fsp3) is 0.500. The average Bonchev–Trinajstić information content (AvgIpc) is 2.72. The summed E-state index contributed by atoms with van der Waals surface area (Å²) in [6, 6.07) is 5.97. The molecule has 1 atom stereocenters. The molecule has 0 amide bonds. The van der Waals surface area contributed by atoms with E-state index in [1.165, 1.54) is 11.7 Å². The fourth-order valence-corrected chi connectivity index (χ4v) is 2.93. The molecule has 1 aromatic carbocycles. The molecule has 94 valence electrons. The van der Waals surface area contributed by atoms with Crippen molar-refractivity contribution in [2.45, 2.75) is 38.9 Å². The third-order valence-electron chi connectivity index (χ3n) is 3.11. The Labute approximate surface area is 111 Å². The molecule has 2 aromatic rings. The highest BCUT2D eigenvalue weighted by Gasteiger charge is 2.38. The van der Waals surface area contributed by atoms with Crippen molar-refractivity contribution < 1.29 is 9.31 Å². The molecule has 6 heteroatoms. The summed E-state index contributed by atoms with van der Waals surface area (Å²) >= 11 is 1.23. The van der Waals surface area contributed by atoms with Crippen LogP contribution in [0.4, 0.5) is 0 Å². The van der Waals surface area contributed by atoms with Crippen molar-refractivity contribution in [2.75, 3.05) is 0 Å². The van der Waals surface area contributed by atoms with Crippen LogP contribution in [0.2, 0.25) is 0 Å². The molecule has 4 nitrogen and oxygen atoms in total. The lowest BCUT2D eigenvalue weighted by molar-refractivity contribution is -0.0229. The summed E-state index contributed by atoms with van der Waals surface area (Å²) in [5.74, 6) is 0. The highest BCUT2D eigenvalue weighted by atomic mass is 32.1. The standard InChI is InChI=1S/C12H15BN2O2S/c1-8-7-12(2,3)17-13(16-8)9-4-5-10-11(6-9)15-18-14-10/h4-6,8H,7H2,1-3H3. The number of benzene rings is 1. The van der Waals surface area contributed by atoms with Crippen LogP contribution in [0.5, 0.6) is 0 Å². The number of rotatable bonds is 1. The van der Waals surface area contributed by atoms with Crippen LogP contribution in [0.1, 0.15) is 27.2 Å². The van der Waals surface area contributed by atoms with Crippen LogP contribution in [-0.2, 0) is 9.31 Å². The second kappa shape index (κ2) is 4.29. The number of hydrogen-bond donors (Lipinski definition) is 0. The van der Waals surface area contributed by atoms with Crippen LogP contribution < -0.4 is 5.46 Å². The van der Waals surface area contributed by atoms with Gasteiger partial charge in [0, 0.05) is 6.10 Å². The van der Waals surface area contributed by atoms with Gasteiger partial charge < -0.3 is 9.31 Å². The van der Waals surface area contributed by atoms with E-state index in [9.17, 15) is 0 Å². The lowest BCUT2D eigenvalue weighted by atomic mass is 9.75. The van der Waals surface area contributed by atoms with Crippen LogP contribution in [0.15, 0.2) is 18.2 Å². The minimum absolute atomic E-state index is 0.155. The summed E-state index contributed by atoms with van der Waals surface area (Å²) in [7, 11) is -0.310. The highest BCUT2D eigenvalue weighted by Crippen LogP contribution is 2.25. The van der Waals surface area contributed by atoms with E-state index in [2.05, 4.69) is 29.5 Å². The molecule has 3 rings (SSSR count). The Morgan fingerprint density at radius 1 is 1.33 bits per heavy atom. The van der Waals surface area contributed by atoms with Crippen molar-refractivity contribution in [3.05, 3.63) is 18.2 Å². The van der Waals surface area contributed by atoms with Gasteiger partial charge in [-0.15, -0.1) is 0 Å². The first-order valence-corrected chi connectivity index (χ1v) is 6.82. The van der Waals surface area contributed by atoms with Gasteiger partial charge in [0.25, 0.3) is 0 Å². The van der Waals surface area contributed by atoms with E-state index in [1.807, 2.05) is 18.2 Å². The minimum atomic E-state index is -0.310. The summed E-state index contributed by atoms with van der Waals surface area (Å²) in [5, 5.41) is 0. The van der Waals surface area contributed by atoms with Gasteiger partial charge in [0.05, 0.1) is 17.3 Å². The topological polar surface area (TPSA) is 44.2 Å². The molecule has 1 aliphatic rings. The maximum Gasteiger partial charge on any atom is 0.494 e. The average molecular weight is 262 g/mol. The molecule has 1 fully saturated rings. The normalized spacial score (nSPS) is 23.5. The van der Waals surface area contributed by atoms with Crippen molar-refractivity contribution in [1.29, 1.82) is 0 Å². The second-order valence-electron chi connectivity index (χ2n) is 5.37. The zero-order chi connectivity index (χ0) is 12.8. The van der Waals surface area contributed by atoms with Gasteiger partial charge in [0.15, 0.2) is 0 Å². The second-order valence-corrected chi connectivity index (χ2v) is 5.90. The van der Waals surface area contributed by atoms with E-state index in [0.717, 1.165) is 22.9 Å². The zero-order valence-electron chi connectivity index (χ0n) is 10.7. The van der Waals surface area contributed by atoms with Gasteiger partial charge in [-0.05, 0) is 44.8 Å². The van der Waals surface area contributed by atoms with E-state index < -0.39 is 0 Å². The SMILES string of the molecule is CC1CC(C)(C)OB(c2ccc3nsnc3c2)O1. The molecule has 1 aliphatic heterocycles. The van der Waals surface area contributed by atoms with Crippen molar-refractivity contribution in [3.63, 3.8) is 0 Å². The van der Waals surface area contributed by atoms with Crippen LogP contribution >= 0.6 is 11.7 Å². The summed E-state index contributed by atoms with van der Waals surface area (Å²) in [6.07, 6.45) is 1.10. The van der Waals surface area contributed by atoms with Crippen molar-refractivity contribution in [1.82, 2.24) is 8.75 Å². The predicted octanol–water partition coefficient (Wildman–Crippen LogP) is 1.99. The van der Waals surface area contributed by atoms with E-state index in [0.29, 0.717) is 0 Å². The smallest absolute Gasteiger partial charge is 0.405 e. The van der Waals surface area contributed by atoms with Gasteiger partial charge in [-0.3, -0.25) is 0 Å². The van der Waals surface area contributed by atoms with Crippen molar-refractivity contribution >= 4 is 35.3 Å². The van der Waals surface area contributed by atoms with Crippen molar-refractivity contribution in [2.24, 2.45) is 0 Å². The summed E-state index contributed by atoms with van der Waals surface area (Å²) < 4.78 is 20.3. The maximum atomic E-state index is 5.99. The molecule has 0 spiro atoms. The van der Waals surface area contributed by atoms with E-state index in [1.54, 1.807) is 0 Å². The zero-order valence-corrected chi connectivity index (χ0v) is 11.5. The molecule has 0 N–H and O–H groups in total. The third-order valence-corrected chi connectivity index (χ3v) is 3.67. The molecule has 0 bridgehead atoms. The lowest BCUT2D eigenvalue weighted by Crippen LogP contribution is -2.51. The van der Waals surface area contributed by atoms with Gasteiger partial charge >= 0.3 is 7.12 Å². The van der Waals surface area contributed by atoms with E-state index >= 15 is 0 Å². The van der Waals surface area contributed by atoms with Crippen molar-refractivity contribution in [3.8, 4) is 0 Å². The van der Waals surface area contributed by atoms with E-state index in [-0.39, 0.29) is 18.8 Å². The minimum Gasteiger partial charge on any atom is -0.405 e. The fourth-order valence-electron chi connectivity index (χ4n) is 2.41. The van der Waals surface area contributed by atoms with Gasteiger partial charge in [0.1, 0.15) is 11.0 Å². The molecule has 0 radical (unpaired) electrons. The molecule has 1 aromatic heterocycles. The Balaban J connectivity index is 1.93. The largest absolute Gasteiger partial charge is 0.494 e. The Kier molecular flexibility index (Phi) is 2.88. The molecule has 0 aliphatic carbocycles. The van der Waals surface area contributed by atoms with Crippen LogP contribution in [0, 0.1) is 0 Å².